The molecule has 0 aliphatic heterocycles. The number of hydrogen-bond donors (Lipinski definition) is 2. The van der Waals surface area contributed by atoms with Gasteiger partial charge in [0.15, 0.2) is 23.3 Å². The van der Waals surface area contributed by atoms with E-state index in [0.29, 0.717) is 13.2 Å². The van der Waals surface area contributed by atoms with E-state index in [-0.39, 0.29) is 24.0 Å². The van der Waals surface area contributed by atoms with Crippen molar-refractivity contribution in [2.75, 3.05) is 41.0 Å². The predicted octanol–water partition coefficient (Wildman–Crippen LogP) is 2.07. The summed E-state index contributed by atoms with van der Waals surface area (Å²) in [6.45, 7) is 4.57. The maximum Gasteiger partial charge on any atom is 0.191 e. The van der Waals surface area contributed by atoms with E-state index in [9.17, 15) is 0 Å². The van der Waals surface area contributed by atoms with Crippen LogP contribution in [0, 0.1) is 6.92 Å². The number of aryl methyl sites for hydroxylation is 1. The van der Waals surface area contributed by atoms with Crippen molar-refractivity contribution < 1.29 is 14.2 Å². The molecule has 0 spiro atoms. The first kappa shape index (κ1) is 26.0. The minimum Gasteiger partial charge on any atom is -0.493 e. The number of rotatable bonds is 11. The van der Waals surface area contributed by atoms with Crippen molar-refractivity contribution in [1.82, 2.24) is 25.4 Å². The summed E-state index contributed by atoms with van der Waals surface area (Å²) in [4.78, 5) is 4.64. The highest BCUT2D eigenvalue weighted by Crippen LogP contribution is 2.27. The Hall–Kier alpha value is -2.08. The Kier molecular flexibility index (Phi) is 12.1. The molecule has 9 nitrogen and oxygen atoms in total. The second-order valence-corrected chi connectivity index (χ2v) is 6.53. The topological polar surface area (TPSA) is 94.8 Å². The van der Waals surface area contributed by atoms with Crippen LogP contribution in [0.2, 0.25) is 0 Å². The molecule has 0 unspecified atom stereocenters. The van der Waals surface area contributed by atoms with E-state index in [1.807, 2.05) is 36.7 Å². The van der Waals surface area contributed by atoms with Gasteiger partial charge in [0, 0.05) is 33.9 Å². The molecule has 1 aromatic heterocycles. The van der Waals surface area contributed by atoms with Crippen LogP contribution in [0.3, 0.4) is 0 Å². The minimum absolute atomic E-state index is 0. The lowest BCUT2D eigenvalue weighted by Crippen LogP contribution is -2.39. The van der Waals surface area contributed by atoms with Crippen molar-refractivity contribution >= 4 is 29.9 Å². The minimum atomic E-state index is 0. The van der Waals surface area contributed by atoms with Gasteiger partial charge in [0.2, 0.25) is 0 Å². The van der Waals surface area contributed by atoms with E-state index in [4.69, 9.17) is 14.2 Å². The van der Waals surface area contributed by atoms with Crippen LogP contribution in [-0.4, -0.2) is 61.7 Å². The van der Waals surface area contributed by atoms with Crippen molar-refractivity contribution in [3.05, 3.63) is 35.4 Å². The molecule has 0 saturated carbocycles. The van der Waals surface area contributed by atoms with Crippen LogP contribution in [-0.2, 0) is 24.8 Å². The molecular formula is C20H33IN6O3. The lowest BCUT2D eigenvalue weighted by Gasteiger charge is -2.13. The number of hydrogen-bond acceptors (Lipinski definition) is 6. The summed E-state index contributed by atoms with van der Waals surface area (Å²) in [5, 5.41) is 15.0. The molecule has 0 atom stereocenters. The van der Waals surface area contributed by atoms with E-state index in [1.165, 1.54) is 0 Å². The molecule has 0 aliphatic carbocycles. The molecule has 2 rings (SSSR count). The second kappa shape index (κ2) is 14.0. The predicted molar refractivity (Wildman–Crippen MR) is 128 cm³/mol. The van der Waals surface area contributed by atoms with Crippen LogP contribution in [0.1, 0.15) is 23.6 Å². The standard InChI is InChI=1S/C20H32N6O3.HI/c1-15-24-25-19(26(15)2)14-23-20(21-10-6-12-27-3)22-11-9-16-7-8-17(28-4)18(13-16)29-5;/h7-8,13H,6,9-12,14H2,1-5H3,(H2,21,22,23);1H. The van der Waals surface area contributed by atoms with E-state index < -0.39 is 0 Å². The zero-order valence-electron chi connectivity index (χ0n) is 18.4. The molecule has 168 valence electrons. The van der Waals surface area contributed by atoms with Gasteiger partial charge in [-0.1, -0.05) is 6.07 Å². The summed E-state index contributed by atoms with van der Waals surface area (Å²) in [5.74, 6) is 3.88. The van der Waals surface area contributed by atoms with E-state index in [0.717, 1.165) is 60.6 Å². The van der Waals surface area contributed by atoms with Gasteiger partial charge >= 0.3 is 0 Å². The summed E-state index contributed by atoms with van der Waals surface area (Å²) in [7, 11) is 6.92. The quantitative estimate of drug-likeness (QED) is 0.198. The van der Waals surface area contributed by atoms with Crippen LogP contribution < -0.4 is 20.1 Å². The number of halogens is 1. The molecule has 2 N–H and O–H groups in total. The van der Waals surface area contributed by atoms with E-state index in [2.05, 4.69) is 25.8 Å². The number of aliphatic imine (C=N–C) groups is 1. The number of benzene rings is 1. The number of methoxy groups -OCH3 is 3. The Morgan fingerprint density at radius 3 is 2.43 bits per heavy atom. The van der Waals surface area contributed by atoms with Crippen molar-refractivity contribution in [2.45, 2.75) is 26.3 Å². The first-order chi connectivity index (χ1) is 14.1. The molecule has 0 aliphatic rings. The first-order valence-corrected chi connectivity index (χ1v) is 9.66. The zero-order valence-corrected chi connectivity index (χ0v) is 20.7. The Morgan fingerprint density at radius 2 is 1.80 bits per heavy atom. The maximum atomic E-state index is 5.37. The van der Waals surface area contributed by atoms with Crippen molar-refractivity contribution in [1.29, 1.82) is 0 Å². The van der Waals surface area contributed by atoms with Gasteiger partial charge in [-0.25, -0.2) is 4.99 Å². The number of guanidine groups is 1. The third kappa shape index (κ3) is 7.98. The van der Waals surface area contributed by atoms with Gasteiger partial charge in [0.1, 0.15) is 12.4 Å². The average Bonchev–Trinajstić information content (AvgIpc) is 3.06. The lowest BCUT2D eigenvalue weighted by atomic mass is 10.1. The normalized spacial score (nSPS) is 11.0. The maximum absolute atomic E-state index is 5.37. The molecule has 10 heteroatoms. The van der Waals surface area contributed by atoms with Crippen LogP contribution >= 0.6 is 24.0 Å². The van der Waals surface area contributed by atoms with Crippen molar-refractivity contribution in [2.24, 2.45) is 12.0 Å². The van der Waals surface area contributed by atoms with Crippen LogP contribution in [0.25, 0.3) is 0 Å². The SMILES string of the molecule is COCCCNC(=NCc1nnc(C)n1C)NCCc1ccc(OC)c(OC)c1.I. The largest absolute Gasteiger partial charge is 0.493 e. The third-order valence-corrected chi connectivity index (χ3v) is 4.53. The fourth-order valence-electron chi connectivity index (χ4n) is 2.70. The summed E-state index contributed by atoms with van der Waals surface area (Å²) < 4.78 is 17.7. The fraction of sp³-hybridized carbons (Fsp3) is 0.550. The number of ether oxygens (including phenoxy) is 3. The van der Waals surface area contributed by atoms with Crippen LogP contribution in [0.4, 0.5) is 0 Å². The smallest absolute Gasteiger partial charge is 0.191 e. The molecule has 0 amide bonds. The van der Waals surface area contributed by atoms with Crippen LogP contribution in [0.5, 0.6) is 11.5 Å². The third-order valence-electron chi connectivity index (χ3n) is 4.53. The highest BCUT2D eigenvalue weighted by atomic mass is 127. The Bertz CT molecular complexity index is 797. The van der Waals surface area contributed by atoms with Gasteiger partial charge in [-0.05, 0) is 37.5 Å². The van der Waals surface area contributed by atoms with Gasteiger partial charge in [-0.2, -0.15) is 0 Å². The molecule has 2 aromatic rings. The highest BCUT2D eigenvalue weighted by molar-refractivity contribution is 14.0. The second-order valence-electron chi connectivity index (χ2n) is 6.53. The summed E-state index contributed by atoms with van der Waals surface area (Å²) in [6, 6.07) is 5.95. The molecule has 0 radical (unpaired) electrons. The molecule has 1 heterocycles. The van der Waals surface area contributed by atoms with Crippen molar-refractivity contribution in [3.63, 3.8) is 0 Å². The van der Waals surface area contributed by atoms with Gasteiger partial charge < -0.3 is 29.4 Å². The first-order valence-electron chi connectivity index (χ1n) is 9.66. The Balaban J connectivity index is 0.00000450. The van der Waals surface area contributed by atoms with Gasteiger partial charge in [-0.15, -0.1) is 34.2 Å². The zero-order chi connectivity index (χ0) is 21.1. The molecule has 0 bridgehead atoms. The molecule has 1 aromatic carbocycles. The van der Waals surface area contributed by atoms with Crippen LogP contribution in [0.15, 0.2) is 23.2 Å². The lowest BCUT2D eigenvalue weighted by molar-refractivity contribution is 0.195. The van der Waals surface area contributed by atoms with Gasteiger partial charge in [0.25, 0.3) is 0 Å². The average molecular weight is 532 g/mol. The number of aromatic nitrogens is 3. The van der Waals surface area contributed by atoms with Crippen molar-refractivity contribution in [3.8, 4) is 11.5 Å². The molecule has 30 heavy (non-hydrogen) atoms. The molecular weight excluding hydrogens is 499 g/mol. The van der Waals surface area contributed by atoms with Gasteiger partial charge in [-0.3, -0.25) is 0 Å². The molecule has 0 fully saturated rings. The summed E-state index contributed by atoms with van der Waals surface area (Å²) in [6.07, 6.45) is 1.72. The summed E-state index contributed by atoms with van der Waals surface area (Å²) >= 11 is 0. The van der Waals surface area contributed by atoms with E-state index in [1.54, 1.807) is 21.3 Å². The monoisotopic (exact) mass is 532 g/mol. The fourth-order valence-corrected chi connectivity index (χ4v) is 2.70. The van der Waals surface area contributed by atoms with E-state index >= 15 is 0 Å². The number of nitrogens with zero attached hydrogens (tertiary/aromatic N) is 4. The summed E-state index contributed by atoms with van der Waals surface area (Å²) in [5.41, 5.74) is 1.15. The Morgan fingerprint density at radius 1 is 1.07 bits per heavy atom. The van der Waals surface area contributed by atoms with Gasteiger partial charge in [0.05, 0.1) is 14.2 Å². The number of nitrogens with one attached hydrogen (secondary N) is 2. The highest BCUT2D eigenvalue weighted by Gasteiger charge is 2.07. The molecule has 0 saturated heterocycles. The Labute approximate surface area is 195 Å².